The summed E-state index contributed by atoms with van der Waals surface area (Å²) in [6.07, 6.45) is 1.00. The summed E-state index contributed by atoms with van der Waals surface area (Å²) < 4.78 is 26.0. The lowest BCUT2D eigenvalue weighted by molar-refractivity contribution is 0.248. The second kappa shape index (κ2) is 6.98. The van der Waals surface area contributed by atoms with Crippen LogP contribution in [0.25, 0.3) is 0 Å². The van der Waals surface area contributed by atoms with Gasteiger partial charge in [-0.15, -0.1) is 0 Å². The van der Waals surface area contributed by atoms with E-state index in [0.29, 0.717) is 23.9 Å². The highest BCUT2D eigenvalue weighted by atomic mass is 32.1. The minimum atomic E-state index is -0.836. The summed E-state index contributed by atoms with van der Waals surface area (Å²) in [5, 5.41) is 4.91. The fourth-order valence-electron chi connectivity index (χ4n) is 1.47. The third kappa shape index (κ3) is 5.17. The lowest BCUT2D eigenvalue weighted by Crippen LogP contribution is -2.39. The Bertz CT molecular complexity index is 482. The fraction of sp³-hybridized carbons (Fsp3) is 0.333. The summed E-state index contributed by atoms with van der Waals surface area (Å²) in [5.41, 5.74) is 5.30. The average molecular weight is 287 g/mol. The van der Waals surface area contributed by atoms with E-state index in [2.05, 4.69) is 10.6 Å². The Hall–Kier alpha value is -1.76. The smallest absolute Gasteiger partial charge is 0.319 e. The number of nitrogens with one attached hydrogen (secondary N) is 2. The third-order valence-corrected chi connectivity index (χ3v) is 2.62. The number of anilines is 1. The Morgan fingerprint density at radius 1 is 1.47 bits per heavy atom. The molecule has 4 N–H and O–H groups in total. The van der Waals surface area contributed by atoms with E-state index in [1.807, 2.05) is 6.92 Å². The summed E-state index contributed by atoms with van der Waals surface area (Å²) in [7, 11) is 0. The number of carbonyl (C=O) groups is 1. The molecular formula is C12H15F2N3OS. The van der Waals surface area contributed by atoms with Gasteiger partial charge in [0.1, 0.15) is 11.6 Å². The number of urea groups is 1. The normalized spacial score (nSPS) is 11.7. The summed E-state index contributed by atoms with van der Waals surface area (Å²) >= 11 is 4.76. The summed E-state index contributed by atoms with van der Waals surface area (Å²) in [5.74, 6) is -1.54. The van der Waals surface area contributed by atoms with E-state index in [9.17, 15) is 13.6 Å². The van der Waals surface area contributed by atoms with Gasteiger partial charge in [-0.2, -0.15) is 0 Å². The number of halogens is 2. The zero-order valence-electron chi connectivity index (χ0n) is 10.4. The van der Waals surface area contributed by atoms with Crippen LogP contribution in [0.2, 0.25) is 0 Å². The monoisotopic (exact) mass is 287 g/mol. The quantitative estimate of drug-likeness (QED) is 0.729. The first kappa shape index (κ1) is 15.3. The topological polar surface area (TPSA) is 67.1 Å². The molecule has 0 radical (unpaired) electrons. The minimum Gasteiger partial charge on any atom is -0.393 e. The van der Waals surface area contributed by atoms with Crippen molar-refractivity contribution in [3.8, 4) is 0 Å². The zero-order valence-corrected chi connectivity index (χ0v) is 11.2. The second-order valence-corrected chi connectivity index (χ2v) is 4.52. The van der Waals surface area contributed by atoms with Gasteiger partial charge in [0.15, 0.2) is 0 Å². The predicted molar refractivity (Wildman–Crippen MR) is 74.0 cm³/mol. The molecule has 1 rings (SSSR count). The highest BCUT2D eigenvalue weighted by molar-refractivity contribution is 7.80. The van der Waals surface area contributed by atoms with E-state index >= 15 is 0 Å². The molecule has 1 atom stereocenters. The van der Waals surface area contributed by atoms with E-state index < -0.39 is 17.7 Å². The Kier molecular flexibility index (Phi) is 5.62. The summed E-state index contributed by atoms with van der Waals surface area (Å²) in [4.78, 5) is 11.9. The van der Waals surface area contributed by atoms with Crippen LogP contribution in [-0.2, 0) is 0 Å². The molecule has 0 heterocycles. The molecule has 0 aliphatic carbocycles. The van der Waals surface area contributed by atoms with Crippen LogP contribution in [0, 0.1) is 11.6 Å². The van der Waals surface area contributed by atoms with Crippen LogP contribution in [-0.4, -0.2) is 17.1 Å². The van der Waals surface area contributed by atoms with Crippen molar-refractivity contribution in [3.05, 3.63) is 29.8 Å². The van der Waals surface area contributed by atoms with Gasteiger partial charge in [0.25, 0.3) is 0 Å². The van der Waals surface area contributed by atoms with Gasteiger partial charge in [0, 0.05) is 18.5 Å². The molecule has 1 unspecified atom stereocenters. The number of thiocarbonyl (C=S) groups is 1. The maximum Gasteiger partial charge on any atom is 0.319 e. The molecule has 0 fully saturated rings. The van der Waals surface area contributed by atoms with Crippen molar-refractivity contribution in [3.63, 3.8) is 0 Å². The highest BCUT2D eigenvalue weighted by Gasteiger charge is 2.13. The van der Waals surface area contributed by atoms with Crippen molar-refractivity contribution >= 4 is 28.9 Å². The molecule has 7 heteroatoms. The molecule has 0 saturated heterocycles. The maximum atomic E-state index is 13.3. The van der Waals surface area contributed by atoms with Crippen molar-refractivity contribution in [2.75, 3.05) is 5.32 Å². The Morgan fingerprint density at radius 3 is 2.68 bits per heavy atom. The van der Waals surface area contributed by atoms with Gasteiger partial charge >= 0.3 is 6.03 Å². The molecule has 1 aromatic carbocycles. The highest BCUT2D eigenvalue weighted by Crippen LogP contribution is 2.14. The maximum absolute atomic E-state index is 13.3. The molecule has 0 aromatic heterocycles. The molecular weight excluding hydrogens is 272 g/mol. The number of benzene rings is 1. The van der Waals surface area contributed by atoms with E-state index in [-0.39, 0.29) is 11.7 Å². The Morgan fingerprint density at radius 2 is 2.16 bits per heavy atom. The molecule has 4 nitrogen and oxygen atoms in total. The first-order chi connectivity index (χ1) is 8.92. The molecule has 0 bridgehead atoms. The van der Waals surface area contributed by atoms with Crippen LogP contribution in [0.5, 0.6) is 0 Å². The van der Waals surface area contributed by atoms with Crippen LogP contribution in [0.3, 0.4) is 0 Å². The van der Waals surface area contributed by atoms with Gasteiger partial charge in [-0.25, -0.2) is 13.6 Å². The van der Waals surface area contributed by atoms with Crippen molar-refractivity contribution in [2.24, 2.45) is 5.73 Å². The summed E-state index contributed by atoms with van der Waals surface area (Å²) in [6, 6.07) is 2.10. The summed E-state index contributed by atoms with van der Waals surface area (Å²) in [6.45, 7) is 1.86. The molecule has 2 amide bonds. The van der Waals surface area contributed by atoms with Gasteiger partial charge < -0.3 is 16.4 Å². The SMILES string of the molecule is CCC(CC(N)=S)NC(=O)Nc1ccc(F)cc1F. The van der Waals surface area contributed by atoms with Gasteiger partial charge in [-0.05, 0) is 18.6 Å². The number of nitrogens with two attached hydrogens (primary N) is 1. The van der Waals surface area contributed by atoms with Crippen molar-refractivity contribution < 1.29 is 13.6 Å². The van der Waals surface area contributed by atoms with Crippen molar-refractivity contribution in [1.29, 1.82) is 0 Å². The lowest BCUT2D eigenvalue weighted by atomic mass is 10.1. The van der Waals surface area contributed by atoms with Crippen molar-refractivity contribution in [2.45, 2.75) is 25.8 Å². The van der Waals surface area contributed by atoms with Gasteiger partial charge in [-0.1, -0.05) is 19.1 Å². The van der Waals surface area contributed by atoms with Gasteiger partial charge in [0.2, 0.25) is 0 Å². The molecule has 104 valence electrons. The van der Waals surface area contributed by atoms with Gasteiger partial charge in [-0.3, -0.25) is 0 Å². The van der Waals surface area contributed by atoms with Crippen LogP contribution < -0.4 is 16.4 Å². The van der Waals surface area contributed by atoms with Crippen molar-refractivity contribution in [1.82, 2.24) is 5.32 Å². The Balaban J connectivity index is 2.61. The van der Waals surface area contributed by atoms with E-state index in [1.54, 1.807) is 0 Å². The second-order valence-electron chi connectivity index (χ2n) is 4.00. The first-order valence-electron chi connectivity index (χ1n) is 5.73. The zero-order chi connectivity index (χ0) is 14.4. The molecule has 1 aromatic rings. The van der Waals surface area contributed by atoms with E-state index in [1.165, 1.54) is 0 Å². The fourth-order valence-corrected chi connectivity index (χ4v) is 1.68. The number of amides is 2. The molecule has 0 saturated carbocycles. The molecule has 0 aliphatic heterocycles. The predicted octanol–water partition coefficient (Wildman–Crippen LogP) is 2.54. The molecule has 0 aliphatic rings. The Labute approximate surface area is 115 Å². The van der Waals surface area contributed by atoms with Crippen LogP contribution in [0.4, 0.5) is 19.3 Å². The number of hydrogen-bond donors (Lipinski definition) is 3. The van der Waals surface area contributed by atoms with Crippen LogP contribution in [0.1, 0.15) is 19.8 Å². The molecule has 19 heavy (non-hydrogen) atoms. The first-order valence-corrected chi connectivity index (χ1v) is 6.14. The lowest BCUT2D eigenvalue weighted by Gasteiger charge is -2.16. The number of hydrogen-bond acceptors (Lipinski definition) is 2. The average Bonchev–Trinajstić information content (AvgIpc) is 2.31. The number of carbonyl (C=O) groups excluding carboxylic acids is 1. The van der Waals surface area contributed by atoms with Gasteiger partial charge in [0.05, 0.1) is 10.7 Å². The number of rotatable bonds is 5. The minimum absolute atomic E-state index is 0.0934. The standard InChI is InChI=1S/C12H15F2N3OS/c1-2-8(6-11(15)19)16-12(18)17-10-4-3-7(13)5-9(10)14/h3-5,8H,2,6H2,1H3,(H2,15,19)(H2,16,17,18). The van der Waals surface area contributed by atoms with E-state index in [4.69, 9.17) is 18.0 Å². The largest absolute Gasteiger partial charge is 0.393 e. The third-order valence-electron chi connectivity index (χ3n) is 2.45. The van der Waals surface area contributed by atoms with E-state index in [0.717, 1.165) is 12.1 Å². The van der Waals surface area contributed by atoms with Crippen LogP contribution in [0.15, 0.2) is 18.2 Å². The molecule has 0 spiro atoms. The van der Waals surface area contributed by atoms with Crippen LogP contribution >= 0.6 is 12.2 Å².